The van der Waals surface area contributed by atoms with Gasteiger partial charge in [0, 0.05) is 31.4 Å². The maximum Gasteiger partial charge on any atom is 0.416 e. The number of benzene rings is 2. The van der Waals surface area contributed by atoms with Crippen molar-refractivity contribution in [2.75, 3.05) is 18.8 Å². The molecule has 1 aliphatic heterocycles. The number of amides is 1. The van der Waals surface area contributed by atoms with Gasteiger partial charge in [-0.2, -0.15) is 13.2 Å². The second kappa shape index (κ2) is 10.0. The molecule has 0 saturated carbocycles. The summed E-state index contributed by atoms with van der Waals surface area (Å²) in [6.45, 7) is 1.98. The molecular weight excluding hydrogens is 414 g/mol. The van der Waals surface area contributed by atoms with Crippen molar-refractivity contribution in [3.63, 3.8) is 0 Å². The summed E-state index contributed by atoms with van der Waals surface area (Å²) in [6.07, 6.45) is -3.53. The van der Waals surface area contributed by atoms with E-state index in [1.165, 1.54) is 12.1 Å². The zero-order chi connectivity index (χ0) is 18.7. The first-order chi connectivity index (χ1) is 12.3. The lowest BCUT2D eigenvalue weighted by molar-refractivity contribution is -0.137. The standard InChI is InChI=1S/C19H20F3N3O.2ClH/c20-19(21,22)14-7-5-13(6-8-14)11-25-10-9-15(12-25)24-18(26)16-3-1-2-4-17(16)23;;/h1-8,15H,9-12,23H2,(H,24,26);2*1H. The smallest absolute Gasteiger partial charge is 0.398 e. The number of halogens is 5. The largest absolute Gasteiger partial charge is 0.416 e. The Kier molecular flexibility index (Phi) is 8.60. The van der Waals surface area contributed by atoms with Crippen LogP contribution >= 0.6 is 24.8 Å². The fraction of sp³-hybridized carbons (Fsp3) is 0.316. The van der Waals surface area contributed by atoms with E-state index in [0.29, 0.717) is 24.3 Å². The van der Waals surface area contributed by atoms with E-state index in [2.05, 4.69) is 10.2 Å². The summed E-state index contributed by atoms with van der Waals surface area (Å²) in [5.74, 6) is -0.204. The van der Waals surface area contributed by atoms with Crippen LogP contribution in [0, 0.1) is 0 Å². The van der Waals surface area contributed by atoms with E-state index in [1.807, 2.05) is 0 Å². The minimum absolute atomic E-state index is 0. The van der Waals surface area contributed by atoms with Crippen molar-refractivity contribution in [2.24, 2.45) is 0 Å². The van der Waals surface area contributed by atoms with Crippen molar-refractivity contribution in [3.05, 3.63) is 65.2 Å². The van der Waals surface area contributed by atoms with E-state index in [-0.39, 0.29) is 36.8 Å². The third-order valence-electron chi connectivity index (χ3n) is 4.50. The lowest BCUT2D eigenvalue weighted by Crippen LogP contribution is -2.37. The lowest BCUT2D eigenvalue weighted by atomic mass is 10.1. The number of nitrogens with zero attached hydrogens (tertiary/aromatic N) is 1. The molecular formula is C19H22Cl2F3N3O. The first-order valence-corrected chi connectivity index (χ1v) is 8.37. The van der Waals surface area contributed by atoms with E-state index < -0.39 is 11.7 Å². The molecule has 0 aliphatic carbocycles. The van der Waals surface area contributed by atoms with Gasteiger partial charge in [-0.1, -0.05) is 24.3 Å². The number of nitrogen functional groups attached to an aromatic ring is 1. The fourth-order valence-corrected chi connectivity index (χ4v) is 3.12. The molecule has 0 bridgehead atoms. The monoisotopic (exact) mass is 435 g/mol. The van der Waals surface area contributed by atoms with Crippen molar-refractivity contribution in [1.82, 2.24) is 10.2 Å². The second-order valence-electron chi connectivity index (χ2n) is 6.48. The first-order valence-electron chi connectivity index (χ1n) is 8.37. The minimum Gasteiger partial charge on any atom is -0.398 e. The third-order valence-corrected chi connectivity index (χ3v) is 4.50. The topological polar surface area (TPSA) is 58.4 Å². The van der Waals surface area contributed by atoms with Crippen LogP contribution in [-0.4, -0.2) is 29.9 Å². The van der Waals surface area contributed by atoms with Crippen LogP contribution in [0.4, 0.5) is 18.9 Å². The van der Waals surface area contributed by atoms with Crippen LogP contribution in [0.5, 0.6) is 0 Å². The fourth-order valence-electron chi connectivity index (χ4n) is 3.12. The molecule has 1 aliphatic rings. The molecule has 0 aromatic heterocycles. The average molecular weight is 436 g/mol. The summed E-state index contributed by atoms with van der Waals surface area (Å²) in [7, 11) is 0. The maximum absolute atomic E-state index is 12.6. The number of carbonyl (C=O) groups is 1. The van der Waals surface area contributed by atoms with Crippen LogP contribution < -0.4 is 11.1 Å². The SMILES string of the molecule is Cl.Cl.Nc1ccccc1C(=O)NC1CCN(Cc2ccc(C(F)(F)F)cc2)C1. The number of carbonyl (C=O) groups excluding carboxylic acids is 1. The summed E-state index contributed by atoms with van der Waals surface area (Å²) in [4.78, 5) is 14.4. The number of anilines is 1. The van der Waals surface area contributed by atoms with Gasteiger partial charge in [0.2, 0.25) is 0 Å². The van der Waals surface area contributed by atoms with Crippen molar-refractivity contribution in [3.8, 4) is 0 Å². The molecule has 4 nitrogen and oxygen atoms in total. The molecule has 2 aromatic carbocycles. The number of alkyl halides is 3. The molecule has 0 spiro atoms. The molecule has 3 N–H and O–H groups in total. The Morgan fingerprint density at radius 1 is 1.11 bits per heavy atom. The second-order valence-corrected chi connectivity index (χ2v) is 6.48. The zero-order valence-corrected chi connectivity index (χ0v) is 16.5. The van der Waals surface area contributed by atoms with Crippen LogP contribution in [0.25, 0.3) is 0 Å². The molecule has 28 heavy (non-hydrogen) atoms. The molecule has 0 radical (unpaired) electrons. The van der Waals surface area contributed by atoms with Gasteiger partial charge >= 0.3 is 6.18 Å². The van der Waals surface area contributed by atoms with Crippen molar-refractivity contribution < 1.29 is 18.0 Å². The van der Waals surface area contributed by atoms with Crippen LogP contribution in [-0.2, 0) is 12.7 Å². The minimum atomic E-state index is -4.32. The van der Waals surface area contributed by atoms with E-state index >= 15 is 0 Å². The van der Waals surface area contributed by atoms with Crippen molar-refractivity contribution in [2.45, 2.75) is 25.2 Å². The van der Waals surface area contributed by atoms with Gasteiger partial charge in [0.1, 0.15) is 0 Å². The molecule has 1 unspecified atom stereocenters. The zero-order valence-electron chi connectivity index (χ0n) is 14.9. The molecule has 1 atom stereocenters. The normalized spacial score (nSPS) is 16.8. The maximum atomic E-state index is 12.6. The summed E-state index contributed by atoms with van der Waals surface area (Å²) in [6, 6.07) is 12.1. The van der Waals surface area contributed by atoms with Crippen LogP contribution in [0.15, 0.2) is 48.5 Å². The number of hydrogen-bond acceptors (Lipinski definition) is 3. The van der Waals surface area contributed by atoms with Gasteiger partial charge in [0.15, 0.2) is 0 Å². The summed E-state index contributed by atoms with van der Waals surface area (Å²) in [5, 5.41) is 2.97. The Morgan fingerprint density at radius 2 is 1.75 bits per heavy atom. The molecule has 1 heterocycles. The van der Waals surface area contributed by atoms with Gasteiger partial charge in [-0.25, -0.2) is 0 Å². The van der Waals surface area contributed by atoms with E-state index in [9.17, 15) is 18.0 Å². The predicted octanol–water partition coefficient (Wildman–Crippen LogP) is 4.14. The Labute approximate surface area is 174 Å². The summed E-state index contributed by atoms with van der Waals surface area (Å²) >= 11 is 0. The highest BCUT2D eigenvalue weighted by Crippen LogP contribution is 2.29. The third kappa shape index (κ3) is 6.02. The summed E-state index contributed by atoms with van der Waals surface area (Å²) < 4.78 is 37.8. The molecule has 1 saturated heterocycles. The Hall–Kier alpha value is -1.96. The highest BCUT2D eigenvalue weighted by Gasteiger charge is 2.30. The number of nitrogens with one attached hydrogen (secondary N) is 1. The number of hydrogen-bond donors (Lipinski definition) is 2. The van der Waals surface area contributed by atoms with E-state index in [4.69, 9.17) is 5.73 Å². The van der Waals surface area contributed by atoms with Gasteiger partial charge in [0.05, 0.1) is 11.1 Å². The number of para-hydroxylation sites is 1. The Bertz CT molecular complexity index is 785. The van der Waals surface area contributed by atoms with Crippen LogP contribution in [0.1, 0.15) is 27.9 Å². The highest BCUT2D eigenvalue weighted by molar-refractivity contribution is 5.99. The highest BCUT2D eigenvalue weighted by atomic mass is 35.5. The number of likely N-dealkylation sites (tertiary alicyclic amines) is 1. The molecule has 3 rings (SSSR count). The first kappa shape index (κ1) is 24.1. The Balaban J connectivity index is 0.00000196. The molecule has 1 fully saturated rings. The summed E-state index contributed by atoms with van der Waals surface area (Å²) in [5.41, 5.74) is 6.88. The molecule has 154 valence electrons. The van der Waals surface area contributed by atoms with Gasteiger partial charge in [0.25, 0.3) is 5.91 Å². The number of nitrogens with two attached hydrogens (primary N) is 1. The van der Waals surface area contributed by atoms with Crippen LogP contribution in [0.2, 0.25) is 0 Å². The van der Waals surface area contributed by atoms with Gasteiger partial charge in [-0.05, 0) is 36.2 Å². The van der Waals surface area contributed by atoms with Gasteiger partial charge in [-0.3, -0.25) is 9.69 Å². The number of rotatable bonds is 4. The molecule has 1 amide bonds. The van der Waals surface area contributed by atoms with Crippen molar-refractivity contribution >= 4 is 36.4 Å². The van der Waals surface area contributed by atoms with E-state index in [0.717, 1.165) is 30.7 Å². The van der Waals surface area contributed by atoms with Gasteiger partial charge < -0.3 is 11.1 Å². The van der Waals surface area contributed by atoms with Crippen molar-refractivity contribution in [1.29, 1.82) is 0 Å². The quantitative estimate of drug-likeness (QED) is 0.709. The van der Waals surface area contributed by atoms with E-state index in [1.54, 1.807) is 24.3 Å². The predicted molar refractivity (Wildman–Crippen MR) is 108 cm³/mol. The lowest BCUT2D eigenvalue weighted by Gasteiger charge is -2.17. The molecule has 2 aromatic rings. The average Bonchev–Trinajstić information content (AvgIpc) is 3.01. The van der Waals surface area contributed by atoms with Crippen LogP contribution in [0.3, 0.4) is 0 Å². The Morgan fingerprint density at radius 3 is 2.36 bits per heavy atom. The van der Waals surface area contributed by atoms with Gasteiger partial charge in [-0.15, -0.1) is 24.8 Å². The molecule has 9 heteroatoms.